The summed E-state index contributed by atoms with van der Waals surface area (Å²) >= 11 is 25.6. The summed E-state index contributed by atoms with van der Waals surface area (Å²) < 4.78 is 0. The molecule has 0 N–H and O–H groups in total. The van der Waals surface area contributed by atoms with Crippen LogP contribution in [0.5, 0.6) is 0 Å². The fourth-order valence-corrected chi connectivity index (χ4v) is 6.19. The van der Waals surface area contributed by atoms with Crippen molar-refractivity contribution in [3.05, 3.63) is 72.8 Å². The molecule has 0 spiro atoms. The maximum Gasteiger partial charge on any atom is 0.117 e. The van der Waals surface area contributed by atoms with Crippen molar-refractivity contribution in [3.8, 4) is 11.1 Å². The zero-order chi connectivity index (χ0) is 18.3. The largest absolute Gasteiger partial charge is 0.117 e. The highest BCUT2D eigenvalue weighted by atomic mass is 35.9. The maximum atomic E-state index is 6.41. The molecule has 4 aromatic carbocycles. The van der Waals surface area contributed by atoms with E-state index in [9.17, 15) is 0 Å². The van der Waals surface area contributed by atoms with Crippen LogP contribution in [0.1, 0.15) is 0 Å². The van der Waals surface area contributed by atoms with Crippen molar-refractivity contribution in [1.82, 2.24) is 0 Å². The van der Waals surface area contributed by atoms with E-state index in [-0.39, 0.29) is 0 Å². The zero-order valence-electron chi connectivity index (χ0n) is 13.3. The molecule has 4 aromatic rings. The fraction of sp³-hybridized carbons (Fsp3) is 0. The standard InChI is InChI=1S/C20H12Cl4P2/c21-25(22)17-11-9-13-5-1-3-7-15(13)19(17)20-16-8-4-2-6-14(16)10-12-18(20)26(23)24/h1-12H. The van der Waals surface area contributed by atoms with Crippen LogP contribution < -0.4 is 10.6 Å². The summed E-state index contributed by atoms with van der Waals surface area (Å²) in [6, 6.07) is 24.6. The van der Waals surface area contributed by atoms with Gasteiger partial charge in [-0.2, -0.15) is 0 Å². The molecule has 0 radical (unpaired) electrons. The van der Waals surface area contributed by atoms with Crippen molar-refractivity contribution < 1.29 is 0 Å². The molecule has 26 heavy (non-hydrogen) atoms. The molecule has 0 amide bonds. The third-order valence-electron chi connectivity index (χ3n) is 4.43. The van der Waals surface area contributed by atoms with Gasteiger partial charge in [0.1, 0.15) is 13.3 Å². The van der Waals surface area contributed by atoms with Crippen molar-refractivity contribution in [2.24, 2.45) is 0 Å². The minimum Gasteiger partial charge on any atom is -0.0727 e. The lowest BCUT2D eigenvalue weighted by atomic mass is 9.94. The molecule has 0 nitrogen and oxygen atoms in total. The molecular weight excluding hydrogens is 444 g/mol. The number of hydrogen-bond donors (Lipinski definition) is 0. The van der Waals surface area contributed by atoms with Crippen LogP contribution in [0, 0.1) is 0 Å². The number of halogens is 4. The molecule has 0 unspecified atom stereocenters. The zero-order valence-corrected chi connectivity index (χ0v) is 18.1. The number of rotatable bonds is 3. The molecule has 0 fully saturated rings. The third-order valence-corrected chi connectivity index (χ3v) is 8.09. The minimum atomic E-state index is -1.33. The van der Waals surface area contributed by atoms with E-state index in [1.807, 2.05) is 36.4 Å². The minimum absolute atomic E-state index is 0.921. The quantitative estimate of drug-likeness (QED) is 0.271. The molecule has 0 heterocycles. The van der Waals surface area contributed by atoms with E-state index in [0.717, 1.165) is 43.3 Å². The summed E-state index contributed by atoms with van der Waals surface area (Å²) in [5.41, 5.74) is 2.06. The summed E-state index contributed by atoms with van der Waals surface area (Å²) in [5.74, 6) is 0. The van der Waals surface area contributed by atoms with E-state index in [2.05, 4.69) is 36.4 Å². The smallest absolute Gasteiger partial charge is 0.0727 e. The van der Waals surface area contributed by atoms with Gasteiger partial charge in [0, 0.05) is 21.7 Å². The van der Waals surface area contributed by atoms with Crippen molar-refractivity contribution in [2.45, 2.75) is 0 Å². The maximum absolute atomic E-state index is 6.41. The Labute approximate surface area is 173 Å². The van der Waals surface area contributed by atoms with Crippen molar-refractivity contribution in [2.75, 3.05) is 0 Å². The Bertz CT molecular complexity index is 1020. The van der Waals surface area contributed by atoms with E-state index in [4.69, 9.17) is 45.0 Å². The van der Waals surface area contributed by atoms with Crippen LogP contribution in [0.15, 0.2) is 72.8 Å². The Morgan fingerprint density at radius 3 is 1.23 bits per heavy atom. The van der Waals surface area contributed by atoms with Gasteiger partial charge in [-0.1, -0.05) is 118 Å². The van der Waals surface area contributed by atoms with E-state index >= 15 is 0 Å². The van der Waals surface area contributed by atoms with Gasteiger partial charge < -0.3 is 0 Å². The van der Waals surface area contributed by atoms with Gasteiger partial charge in [0.15, 0.2) is 0 Å². The number of hydrogen-bond acceptors (Lipinski definition) is 0. The molecule has 0 saturated carbocycles. The third kappa shape index (κ3) is 3.33. The lowest BCUT2D eigenvalue weighted by molar-refractivity contribution is 1.74. The van der Waals surface area contributed by atoms with E-state index < -0.39 is 13.3 Å². The van der Waals surface area contributed by atoms with Gasteiger partial charge in [-0.25, -0.2) is 0 Å². The van der Waals surface area contributed by atoms with Gasteiger partial charge in [-0.15, -0.1) is 0 Å². The first kappa shape index (κ1) is 18.8. The van der Waals surface area contributed by atoms with E-state index in [0.29, 0.717) is 0 Å². The first-order chi connectivity index (χ1) is 12.6. The van der Waals surface area contributed by atoms with Crippen molar-refractivity contribution in [3.63, 3.8) is 0 Å². The molecule has 0 saturated heterocycles. The van der Waals surface area contributed by atoms with Crippen LogP contribution in [0.4, 0.5) is 0 Å². The Balaban J connectivity index is 2.23. The monoisotopic (exact) mass is 454 g/mol. The van der Waals surface area contributed by atoms with Gasteiger partial charge in [0.05, 0.1) is 0 Å². The number of fused-ring (bicyclic) bond motifs is 2. The predicted molar refractivity (Wildman–Crippen MR) is 123 cm³/mol. The fourth-order valence-electron chi connectivity index (χ4n) is 3.33. The second-order valence-corrected chi connectivity index (χ2v) is 12.8. The highest BCUT2D eigenvalue weighted by Crippen LogP contribution is 2.53. The Kier molecular flexibility index (Phi) is 5.64. The number of benzene rings is 4. The van der Waals surface area contributed by atoms with Crippen LogP contribution in [0.3, 0.4) is 0 Å². The molecule has 0 aliphatic rings. The summed E-state index contributed by atoms with van der Waals surface area (Å²) in [5, 5.41) is 6.30. The molecule has 0 aromatic heterocycles. The molecule has 130 valence electrons. The molecule has 0 atom stereocenters. The average Bonchev–Trinajstić information content (AvgIpc) is 2.66. The van der Waals surface area contributed by atoms with Crippen LogP contribution >= 0.6 is 58.2 Å². The SMILES string of the molecule is ClP(Cl)c1ccc2ccccc2c1-c1c(P(Cl)Cl)ccc2ccccc12. The van der Waals surface area contributed by atoms with Crippen LogP contribution in [-0.2, 0) is 0 Å². The summed E-state index contributed by atoms with van der Waals surface area (Å²) in [7, 11) is 0. The second-order valence-electron chi connectivity index (χ2n) is 5.83. The van der Waals surface area contributed by atoms with Gasteiger partial charge in [-0.05, 0) is 21.5 Å². The second kappa shape index (κ2) is 7.81. The predicted octanol–water partition coefficient (Wildman–Crippen LogP) is 8.49. The van der Waals surface area contributed by atoms with Crippen LogP contribution in [0.2, 0.25) is 0 Å². The highest BCUT2D eigenvalue weighted by molar-refractivity contribution is 8.09. The van der Waals surface area contributed by atoms with E-state index in [1.165, 1.54) is 0 Å². The normalized spacial score (nSPS) is 11.8. The first-order valence-corrected chi connectivity index (χ1v) is 14.2. The van der Waals surface area contributed by atoms with Gasteiger partial charge in [-0.3, -0.25) is 0 Å². The molecule has 0 bridgehead atoms. The molecule has 0 aliphatic carbocycles. The van der Waals surface area contributed by atoms with Crippen molar-refractivity contribution >= 4 is 90.4 Å². The Hall–Kier alpha value is -0.580. The van der Waals surface area contributed by atoms with Crippen LogP contribution in [0.25, 0.3) is 32.7 Å². The summed E-state index contributed by atoms with van der Waals surface area (Å²) in [6.07, 6.45) is 0. The molecule has 4 rings (SSSR count). The van der Waals surface area contributed by atoms with Gasteiger partial charge in [0.25, 0.3) is 0 Å². The lowest BCUT2D eigenvalue weighted by Gasteiger charge is -2.19. The van der Waals surface area contributed by atoms with Crippen LogP contribution in [-0.4, -0.2) is 0 Å². The first-order valence-electron chi connectivity index (χ1n) is 7.85. The van der Waals surface area contributed by atoms with Gasteiger partial charge in [0.2, 0.25) is 0 Å². The van der Waals surface area contributed by atoms with E-state index in [1.54, 1.807) is 0 Å². The van der Waals surface area contributed by atoms with Crippen molar-refractivity contribution in [1.29, 1.82) is 0 Å². The summed E-state index contributed by atoms with van der Waals surface area (Å²) in [6.45, 7) is -2.67. The Morgan fingerprint density at radius 2 is 0.846 bits per heavy atom. The topological polar surface area (TPSA) is 0 Å². The Morgan fingerprint density at radius 1 is 0.462 bits per heavy atom. The average molecular weight is 456 g/mol. The molecular formula is C20H12Cl4P2. The molecule has 6 heteroatoms. The lowest BCUT2D eigenvalue weighted by Crippen LogP contribution is -2.09. The highest BCUT2D eigenvalue weighted by Gasteiger charge is 2.22. The van der Waals surface area contributed by atoms with Gasteiger partial charge >= 0.3 is 0 Å². The summed E-state index contributed by atoms with van der Waals surface area (Å²) in [4.78, 5) is 0. The molecule has 0 aliphatic heterocycles.